The molecule has 6 aromatic rings. The van der Waals surface area contributed by atoms with Crippen LogP contribution in [0.3, 0.4) is 0 Å². The number of aliphatic hydroxyl groups is 1. The zero-order valence-corrected chi connectivity index (χ0v) is 44.8. The van der Waals surface area contributed by atoms with E-state index in [9.17, 15) is 28.4 Å². The van der Waals surface area contributed by atoms with Crippen LogP contribution >= 0.6 is 0 Å². The number of aromatic amines is 1. The lowest BCUT2D eigenvalue weighted by Crippen LogP contribution is -2.60. The Balaban J connectivity index is 0.772. The summed E-state index contributed by atoms with van der Waals surface area (Å²) in [6, 6.07) is 28.9. The second-order valence-corrected chi connectivity index (χ2v) is 24.6. The standard InChI is InChI=1S/C59H70N8O8S/c1-38(2)48-7-5-6-8-50(48)54-37-64(36-42-27-41-29-45(74-4)10-13-49(41)42)25-26-66(54)44-32-59(33-44)20-23-65(24-21-59)43-9-12-51(55(30-43)75-46-28-40-17-22-60-56(40)62-35-46)57(68)63-76(72,73)47-11-14-52(53(31-47)67(70)71)61-34-39-15-18-58(3,69)19-16-39/h5-14,17,22,28-31,35,38-39,42,44,54,61,69H,15-16,18-21,23-27,32-34,36-37H2,1-4H3,(H,60,62)(H,63,68)/t39-,42?,54-,58-/m0/s1. The summed E-state index contributed by atoms with van der Waals surface area (Å²) in [6.07, 6.45) is 11.6. The number of pyridine rings is 1. The fourth-order valence-corrected chi connectivity index (χ4v) is 13.9. The van der Waals surface area contributed by atoms with Gasteiger partial charge in [0, 0.05) is 93.2 Å². The van der Waals surface area contributed by atoms with E-state index in [0.29, 0.717) is 54.7 Å². The number of carbonyl (C=O) groups excluding carboxylic acids is 1. The fourth-order valence-electron chi connectivity index (χ4n) is 13.0. The minimum absolute atomic E-state index is 0.0251. The molecule has 400 valence electrons. The highest BCUT2D eigenvalue weighted by atomic mass is 32.2. The number of methoxy groups -OCH3 is 1. The van der Waals surface area contributed by atoms with Crippen LogP contribution in [0, 0.1) is 21.4 Å². The molecule has 2 saturated heterocycles. The summed E-state index contributed by atoms with van der Waals surface area (Å²) in [5.41, 5.74) is 6.53. The summed E-state index contributed by atoms with van der Waals surface area (Å²) in [7, 11) is -2.85. The average Bonchev–Trinajstić information content (AvgIpc) is 3.92. The van der Waals surface area contributed by atoms with Gasteiger partial charge in [0.1, 0.15) is 28.6 Å². The first-order valence-corrected chi connectivity index (χ1v) is 28.6. The van der Waals surface area contributed by atoms with E-state index >= 15 is 0 Å². The molecule has 3 aliphatic carbocycles. The number of fused-ring (bicyclic) bond motifs is 2. The third-order valence-electron chi connectivity index (χ3n) is 17.5. The summed E-state index contributed by atoms with van der Waals surface area (Å²) in [5.74, 6) is 1.67. The summed E-state index contributed by atoms with van der Waals surface area (Å²) in [5, 5.41) is 26.5. The monoisotopic (exact) mass is 1050 g/mol. The van der Waals surface area contributed by atoms with E-state index in [1.807, 2.05) is 19.1 Å². The largest absolute Gasteiger partial charge is 0.497 e. The number of nitro groups is 1. The van der Waals surface area contributed by atoms with Crippen LogP contribution in [0.1, 0.15) is 123 Å². The van der Waals surface area contributed by atoms with Gasteiger partial charge in [0.15, 0.2) is 0 Å². The van der Waals surface area contributed by atoms with Crippen molar-refractivity contribution in [3.8, 4) is 17.2 Å². The van der Waals surface area contributed by atoms with Crippen LogP contribution in [0.2, 0.25) is 0 Å². The summed E-state index contributed by atoms with van der Waals surface area (Å²) in [6.45, 7) is 12.7. The van der Waals surface area contributed by atoms with Crippen molar-refractivity contribution in [1.82, 2.24) is 24.5 Å². The first-order valence-electron chi connectivity index (χ1n) is 27.1. The number of H-pyrrole nitrogens is 1. The Morgan fingerprint density at radius 2 is 1.72 bits per heavy atom. The predicted octanol–water partition coefficient (Wildman–Crippen LogP) is 10.3. The summed E-state index contributed by atoms with van der Waals surface area (Å²) in [4.78, 5) is 40.7. The third kappa shape index (κ3) is 10.6. The minimum atomic E-state index is -4.59. The van der Waals surface area contributed by atoms with Gasteiger partial charge in [0.25, 0.3) is 21.6 Å². The SMILES string of the molecule is COc1ccc2c(c1)CC2CN1CCN(C2CC3(CCN(c4ccc(C(=O)NS(=O)(=O)c5ccc(NC[C@H]6CC[C@](C)(O)CC6)c([N+](=O)[O-])c5)c(Oc5cnc6[nH]ccc6c5)c4)CC3)C2)[C@H](c2ccccc2C(C)C)C1. The molecule has 5 aliphatic rings. The van der Waals surface area contributed by atoms with Gasteiger partial charge in [0.2, 0.25) is 0 Å². The predicted molar refractivity (Wildman–Crippen MR) is 294 cm³/mol. The summed E-state index contributed by atoms with van der Waals surface area (Å²) < 4.78 is 41.8. The maximum Gasteiger partial charge on any atom is 0.293 e. The molecule has 1 spiro atoms. The second-order valence-electron chi connectivity index (χ2n) is 22.9. The number of nitro benzene ring substituents is 1. The molecule has 2 atom stereocenters. The topological polar surface area (TPSA) is 195 Å². The second kappa shape index (κ2) is 20.8. The molecule has 1 unspecified atom stereocenters. The highest BCUT2D eigenvalue weighted by Crippen LogP contribution is 2.54. The molecule has 2 saturated carbocycles. The third-order valence-corrected chi connectivity index (χ3v) is 18.8. The minimum Gasteiger partial charge on any atom is -0.497 e. The van der Waals surface area contributed by atoms with E-state index in [1.54, 1.807) is 37.7 Å². The Bertz CT molecular complexity index is 3240. The van der Waals surface area contributed by atoms with Crippen LogP contribution in [-0.2, 0) is 16.4 Å². The number of piperidine rings is 1. The van der Waals surface area contributed by atoms with Gasteiger partial charge in [-0.1, -0.05) is 44.2 Å². The number of anilines is 2. The molecule has 4 N–H and O–H groups in total. The molecule has 4 aromatic carbocycles. The number of aromatic nitrogens is 2. The van der Waals surface area contributed by atoms with Crippen LogP contribution in [0.15, 0.2) is 108 Å². The molecule has 0 bridgehead atoms. The lowest BCUT2D eigenvalue weighted by molar-refractivity contribution is -0.384. The molecule has 1 amide bonds. The molecular weight excluding hydrogens is 981 g/mol. The van der Waals surface area contributed by atoms with Crippen LogP contribution < -0.4 is 24.4 Å². The van der Waals surface area contributed by atoms with Gasteiger partial charge in [0.05, 0.1) is 34.3 Å². The normalized spacial score (nSPS) is 22.9. The molecule has 17 heteroatoms. The Morgan fingerprint density at radius 1 is 0.934 bits per heavy atom. The lowest BCUT2D eigenvalue weighted by Gasteiger charge is -2.58. The Kier molecular flexibility index (Phi) is 14.1. The van der Waals surface area contributed by atoms with Gasteiger partial charge in [-0.15, -0.1) is 0 Å². The molecule has 4 fully saturated rings. The molecule has 2 aliphatic heterocycles. The Hall–Kier alpha value is -6.53. The van der Waals surface area contributed by atoms with E-state index in [-0.39, 0.29) is 28.3 Å². The van der Waals surface area contributed by atoms with Gasteiger partial charge in [-0.25, -0.2) is 18.1 Å². The molecule has 16 nitrogen and oxygen atoms in total. The number of carbonyl (C=O) groups is 1. The van der Waals surface area contributed by atoms with Gasteiger partial charge < -0.3 is 29.8 Å². The number of piperazine rings is 1. The number of sulfonamides is 1. The number of rotatable bonds is 16. The number of hydrogen-bond donors (Lipinski definition) is 4. The molecule has 4 heterocycles. The van der Waals surface area contributed by atoms with Crippen molar-refractivity contribution in [3.05, 3.63) is 141 Å². The van der Waals surface area contributed by atoms with Crippen molar-refractivity contribution in [2.24, 2.45) is 11.3 Å². The van der Waals surface area contributed by atoms with E-state index < -0.39 is 37.0 Å². The van der Waals surface area contributed by atoms with Gasteiger partial charge in [-0.2, -0.15) is 0 Å². The quantitative estimate of drug-likeness (QED) is 0.0529. The molecule has 11 rings (SSSR count). The van der Waals surface area contributed by atoms with E-state index in [4.69, 9.17) is 9.47 Å². The van der Waals surface area contributed by atoms with Crippen molar-refractivity contribution in [2.45, 2.75) is 113 Å². The number of hydrogen-bond acceptors (Lipinski definition) is 13. The number of ether oxygens (including phenoxy) is 2. The number of amides is 1. The van der Waals surface area contributed by atoms with Crippen molar-refractivity contribution in [3.63, 3.8) is 0 Å². The Morgan fingerprint density at radius 3 is 2.47 bits per heavy atom. The molecule has 0 radical (unpaired) electrons. The van der Waals surface area contributed by atoms with E-state index in [0.717, 1.165) is 107 Å². The zero-order valence-electron chi connectivity index (χ0n) is 44.0. The molecule has 2 aromatic heterocycles. The average molecular weight is 1050 g/mol. The van der Waals surface area contributed by atoms with Gasteiger partial charge >= 0.3 is 0 Å². The Labute approximate surface area is 445 Å². The van der Waals surface area contributed by atoms with Crippen molar-refractivity contribution >= 4 is 44.0 Å². The number of benzene rings is 4. The van der Waals surface area contributed by atoms with E-state index in [1.165, 1.54) is 34.4 Å². The number of nitrogens with zero attached hydrogens (tertiary/aromatic N) is 5. The van der Waals surface area contributed by atoms with Crippen molar-refractivity contribution in [1.29, 1.82) is 0 Å². The van der Waals surface area contributed by atoms with Crippen LogP contribution in [0.5, 0.6) is 17.2 Å². The highest BCUT2D eigenvalue weighted by Gasteiger charge is 2.50. The van der Waals surface area contributed by atoms with E-state index in [2.05, 4.69) is 91.0 Å². The van der Waals surface area contributed by atoms with Crippen molar-refractivity contribution < 1.29 is 32.7 Å². The zero-order chi connectivity index (χ0) is 52.9. The maximum absolute atomic E-state index is 14.1. The van der Waals surface area contributed by atoms with Crippen molar-refractivity contribution in [2.75, 3.05) is 63.1 Å². The smallest absolute Gasteiger partial charge is 0.293 e. The fraction of sp³-hybridized carbons (Fsp3) is 0.458. The first-order chi connectivity index (χ1) is 36.5. The summed E-state index contributed by atoms with van der Waals surface area (Å²) >= 11 is 0. The number of nitrogens with one attached hydrogen (secondary N) is 3. The highest BCUT2D eigenvalue weighted by molar-refractivity contribution is 7.90. The van der Waals surface area contributed by atoms with Crippen LogP contribution in [-0.4, -0.2) is 109 Å². The van der Waals surface area contributed by atoms with Crippen LogP contribution in [0.4, 0.5) is 17.1 Å². The van der Waals surface area contributed by atoms with Crippen LogP contribution in [0.25, 0.3) is 11.0 Å². The lowest BCUT2D eigenvalue weighted by atomic mass is 9.59. The molecule has 76 heavy (non-hydrogen) atoms. The molecular formula is C59H70N8O8S. The van der Waals surface area contributed by atoms with Gasteiger partial charge in [-0.05, 0) is 153 Å². The first kappa shape index (κ1) is 51.6. The maximum atomic E-state index is 14.1. The van der Waals surface area contributed by atoms with Gasteiger partial charge in [-0.3, -0.25) is 24.7 Å².